The fraction of sp³-hybridized carbons (Fsp3) is 0.857. The Hall–Kier alpha value is -0.260. The van der Waals surface area contributed by atoms with E-state index in [9.17, 15) is 9.90 Å². The molecular formula is C7H15NO3S. The predicted molar refractivity (Wildman–Crippen MR) is 49.2 cm³/mol. The third-order valence-corrected chi connectivity index (χ3v) is 2.93. The van der Waals surface area contributed by atoms with Crippen LogP contribution in [0.25, 0.3) is 0 Å². The second-order valence-electron chi connectivity index (χ2n) is 2.94. The topological polar surface area (TPSA) is 83.5 Å². The van der Waals surface area contributed by atoms with Crippen molar-refractivity contribution in [2.75, 3.05) is 12.3 Å². The van der Waals surface area contributed by atoms with Gasteiger partial charge in [0.2, 0.25) is 0 Å². The van der Waals surface area contributed by atoms with Gasteiger partial charge in [0.1, 0.15) is 0 Å². The molecule has 2 atom stereocenters. The molecule has 5 heteroatoms. The van der Waals surface area contributed by atoms with Gasteiger partial charge in [-0.15, -0.1) is 0 Å². The van der Waals surface area contributed by atoms with Crippen molar-refractivity contribution in [2.24, 2.45) is 5.73 Å². The molecule has 0 aromatic heterocycles. The summed E-state index contributed by atoms with van der Waals surface area (Å²) >= 11 is 1.36. The lowest BCUT2D eigenvalue weighted by atomic mass is 10.1. The second kappa shape index (κ2) is 4.69. The van der Waals surface area contributed by atoms with Gasteiger partial charge in [0.25, 0.3) is 0 Å². The number of aliphatic hydroxyl groups is 1. The molecule has 0 spiro atoms. The van der Waals surface area contributed by atoms with Gasteiger partial charge in [0.15, 0.2) is 5.60 Å². The van der Waals surface area contributed by atoms with Gasteiger partial charge in [-0.05, 0) is 6.92 Å². The summed E-state index contributed by atoms with van der Waals surface area (Å²) in [6.07, 6.45) is 0. The Morgan fingerprint density at radius 2 is 2.25 bits per heavy atom. The minimum Gasteiger partial charge on any atom is -0.479 e. The zero-order valence-electron chi connectivity index (χ0n) is 7.28. The van der Waals surface area contributed by atoms with E-state index in [0.29, 0.717) is 6.54 Å². The van der Waals surface area contributed by atoms with Gasteiger partial charge in [-0.1, -0.05) is 6.92 Å². The van der Waals surface area contributed by atoms with E-state index < -0.39 is 11.6 Å². The van der Waals surface area contributed by atoms with Crippen LogP contribution in [0.1, 0.15) is 13.8 Å². The molecule has 0 saturated carbocycles. The fourth-order valence-corrected chi connectivity index (χ4v) is 1.30. The zero-order chi connectivity index (χ0) is 9.78. The highest BCUT2D eigenvalue weighted by Gasteiger charge is 2.30. The van der Waals surface area contributed by atoms with Crippen LogP contribution in [0.2, 0.25) is 0 Å². The molecule has 72 valence electrons. The Balaban J connectivity index is 3.83. The molecule has 0 aliphatic carbocycles. The maximum atomic E-state index is 10.4. The lowest BCUT2D eigenvalue weighted by molar-refractivity contribution is -0.154. The molecule has 0 aliphatic heterocycles. The lowest BCUT2D eigenvalue weighted by Crippen LogP contribution is -2.38. The molecule has 0 amide bonds. The van der Waals surface area contributed by atoms with Crippen molar-refractivity contribution in [3.05, 3.63) is 0 Å². The summed E-state index contributed by atoms with van der Waals surface area (Å²) < 4.78 is 0. The first-order chi connectivity index (χ1) is 5.40. The van der Waals surface area contributed by atoms with Crippen molar-refractivity contribution in [2.45, 2.75) is 24.7 Å². The number of rotatable bonds is 5. The van der Waals surface area contributed by atoms with Crippen molar-refractivity contribution in [3.63, 3.8) is 0 Å². The number of aliphatic carboxylic acids is 1. The molecule has 4 N–H and O–H groups in total. The lowest BCUT2D eigenvalue weighted by Gasteiger charge is -2.19. The van der Waals surface area contributed by atoms with Crippen LogP contribution in [0.5, 0.6) is 0 Å². The normalized spacial score (nSPS) is 18.3. The Labute approximate surface area is 76.1 Å². The molecule has 0 rings (SSSR count). The second-order valence-corrected chi connectivity index (χ2v) is 4.36. The molecule has 0 aliphatic rings. The third kappa shape index (κ3) is 3.94. The van der Waals surface area contributed by atoms with Crippen molar-refractivity contribution in [3.8, 4) is 0 Å². The molecule has 2 unspecified atom stereocenters. The summed E-state index contributed by atoms with van der Waals surface area (Å²) in [5, 5.41) is 18.0. The molecule has 0 radical (unpaired) electrons. The van der Waals surface area contributed by atoms with Crippen LogP contribution >= 0.6 is 11.8 Å². The van der Waals surface area contributed by atoms with Crippen LogP contribution in [0.4, 0.5) is 0 Å². The predicted octanol–water partition coefficient (Wildman–Crippen LogP) is -0.0976. The maximum absolute atomic E-state index is 10.4. The minimum absolute atomic E-state index is 0.167. The average Bonchev–Trinajstić information content (AvgIpc) is 2.00. The molecule has 0 fully saturated rings. The van der Waals surface area contributed by atoms with E-state index in [2.05, 4.69) is 0 Å². The highest BCUT2D eigenvalue weighted by atomic mass is 32.2. The van der Waals surface area contributed by atoms with Crippen LogP contribution in [0, 0.1) is 0 Å². The largest absolute Gasteiger partial charge is 0.479 e. The highest BCUT2D eigenvalue weighted by molar-refractivity contribution is 8.00. The van der Waals surface area contributed by atoms with Gasteiger partial charge in [0, 0.05) is 17.5 Å². The standard InChI is InChI=1S/C7H15NO3S/c1-5(3-8)12-4-7(2,11)6(9)10/h5,11H,3-4,8H2,1-2H3,(H,9,10). The Morgan fingerprint density at radius 3 is 2.58 bits per heavy atom. The smallest absolute Gasteiger partial charge is 0.336 e. The summed E-state index contributed by atoms with van der Waals surface area (Å²) in [6, 6.07) is 0. The number of thioether (sulfide) groups is 1. The average molecular weight is 193 g/mol. The minimum atomic E-state index is -1.64. The highest BCUT2D eigenvalue weighted by Crippen LogP contribution is 2.17. The molecule has 12 heavy (non-hydrogen) atoms. The zero-order valence-corrected chi connectivity index (χ0v) is 8.10. The number of hydrogen-bond donors (Lipinski definition) is 3. The number of carbonyl (C=O) groups is 1. The summed E-state index contributed by atoms with van der Waals surface area (Å²) in [6.45, 7) is 3.66. The monoisotopic (exact) mass is 193 g/mol. The van der Waals surface area contributed by atoms with Crippen molar-refractivity contribution in [1.29, 1.82) is 0 Å². The number of nitrogens with two attached hydrogens (primary N) is 1. The molecule has 0 saturated heterocycles. The first-order valence-electron chi connectivity index (χ1n) is 3.67. The van der Waals surface area contributed by atoms with Crippen LogP contribution in [0.15, 0.2) is 0 Å². The van der Waals surface area contributed by atoms with Crippen molar-refractivity contribution >= 4 is 17.7 Å². The SMILES string of the molecule is CC(CN)SCC(C)(O)C(=O)O. The number of carboxylic acids is 1. The quantitative estimate of drug-likeness (QED) is 0.568. The van der Waals surface area contributed by atoms with Crippen LogP contribution in [-0.2, 0) is 4.79 Å². The van der Waals surface area contributed by atoms with E-state index in [0.717, 1.165) is 0 Å². The summed E-state index contributed by atoms with van der Waals surface area (Å²) in [4.78, 5) is 10.4. The summed E-state index contributed by atoms with van der Waals surface area (Å²) in [5.74, 6) is -1.03. The number of carboxylic acid groups (broad SMARTS) is 1. The van der Waals surface area contributed by atoms with Gasteiger partial charge in [-0.3, -0.25) is 0 Å². The van der Waals surface area contributed by atoms with Gasteiger partial charge in [-0.25, -0.2) is 4.79 Å². The van der Waals surface area contributed by atoms with E-state index in [1.807, 2.05) is 6.92 Å². The first-order valence-corrected chi connectivity index (χ1v) is 4.72. The van der Waals surface area contributed by atoms with Gasteiger partial charge >= 0.3 is 5.97 Å². The molecule has 0 bridgehead atoms. The molecular weight excluding hydrogens is 178 g/mol. The molecule has 4 nitrogen and oxygen atoms in total. The van der Waals surface area contributed by atoms with Crippen molar-refractivity contribution < 1.29 is 15.0 Å². The van der Waals surface area contributed by atoms with Gasteiger partial charge < -0.3 is 15.9 Å². The first kappa shape index (κ1) is 11.7. The third-order valence-electron chi connectivity index (χ3n) is 1.44. The maximum Gasteiger partial charge on any atom is 0.336 e. The Bertz CT molecular complexity index is 161. The van der Waals surface area contributed by atoms with E-state index in [1.54, 1.807) is 0 Å². The van der Waals surface area contributed by atoms with Crippen LogP contribution in [0.3, 0.4) is 0 Å². The summed E-state index contributed by atoms with van der Waals surface area (Å²) in [5.41, 5.74) is 3.68. The number of hydrogen-bond acceptors (Lipinski definition) is 4. The van der Waals surface area contributed by atoms with E-state index in [4.69, 9.17) is 10.8 Å². The summed E-state index contributed by atoms with van der Waals surface area (Å²) in [7, 11) is 0. The Kier molecular flexibility index (Phi) is 4.59. The van der Waals surface area contributed by atoms with E-state index >= 15 is 0 Å². The molecule has 0 heterocycles. The van der Waals surface area contributed by atoms with Gasteiger partial charge in [-0.2, -0.15) is 11.8 Å². The van der Waals surface area contributed by atoms with Crippen molar-refractivity contribution in [1.82, 2.24) is 0 Å². The molecule has 0 aromatic rings. The van der Waals surface area contributed by atoms with E-state index in [-0.39, 0.29) is 11.0 Å². The van der Waals surface area contributed by atoms with Gasteiger partial charge in [0.05, 0.1) is 0 Å². The molecule has 0 aromatic carbocycles. The Morgan fingerprint density at radius 1 is 1.75 bits per heavy atom. The van der Waals surface area contributed by atoms with E-state index in [1.165, 1.54) is 18.7 Å². The fourth-order valence-electron chi connectivity index (χ4n) is 0.434. The van der Waals surface area contributed by atoms with Crippen LogP contribution in [-0.4, -0.2) is 39.3 Å². The van der Waals surface area contributed by atoms with Crippen LogP contribution < -0.4 is 5.73 Å².